The van der Waals surface area contributed by atoms with Crippen molar-refractivity contribution in [3.8, 4) is 5.75 Å². The van der Waals surface area contributed by atoms with Crippen LogP contribution in [-0.2, 0) is 10.2 Å². The summed E-state index contributed by atoms with van der Waals surface area (Å²) >= 11 is 3.45. The van der Waals surface area contributed by atoms with Gasteiger partial charge in [-0.2, -0.15) is 5.10 Å². The summed E-state index contributed by atoms with van der Waals surface area (Å²) in [6, 6.07) is 11.6. The van der Waals surface area contributed by atoms with Gasteiger partial charge in [0.1, 0.15) is 5.75 Å². The highest BCUT2D eigenvalue weighted by atomic mass is 79.9. The van der Waals surface area contributed by atoms with Crippen LogP contribution in [0.4, 0.5) is 5.69 Å². The maximum Gasteiger partial charge on any atom is 0.277 e. The lowest BCUT2D eigenvalue weighted by molar-refractivity contribution is -0.384. The van der Waals surface area contributed by atoms with E-state index in [-0.39, 0.29) is 17.7 Å². The molecular formula is C19H20BrN3O4. The number of carbonyl (C=O) groups is 1. The van der Waals surface area contributed by atoms with Crippen molar-refractivity contribution in [2.24, 2.45) is 5.10 Å². The number of hydrogen-bond acceptors (Lipinski definition) is 5. The number of nitrogens with zero attached hydrogens (tertiary/aromatic N) is 2. The molecule has 27 heavy (non-hydrogen) atoms. The molecular weight excluding hydrogens is 414 g/mol. The van der Waals surface area contributed by atoms with Gasteiger partial charge in [0.2, 0.25) is 0 Å². The lowest BCUT2D eigenvalue weighted by atomic mass is 9.87. The Labute approximate surface area is 165 Å². The molecule has 7 nitrogen and oxygen atoms in total. The second kappa shape index (κ2) is 8.77. The molecule has 0 fully saturated rings. The number of halogens is 1. The molecule has 0 aliphatic rings. The van der Waals surface area contributed by atoms with E-state index in [0.717, 1.165) is 10.0 Å². The molecule has 0 saturated heterocycles. The normalized spacial score (nSPS) is 11.4. The highest BCUT2D eigenvalue weighted by Crippen LogP contribution is 2.31. The van der Waals surface area contributed by atoms with Gasteiger partial charge in [-0.1, -0.05) is 26.8 Å². The molecule has 0 bridgehead atoms. The molecule has 0 spiro atoms. The second-order valence-corrected chi connectivity index (χ2v) is 7.68. The third kappa shape index (κ3) is 6.18. The van der Waals surface area contributed by atoms with Crippen molar-refractivity contribution in [1.29, 1.82) is 0 Å². The van der Waals surface area contributed by atoms with Crippen molar-refractivity contribution in [3.63, 3.8) is 0 Å². The van der Waals surface area contributed by atoms with E-state index in [9.17, 15) is 14.9 Å². The SMILES string of the molecule is CC(C)(C)c1ccc(OCC(=O)N/N=C\c2ccc([N+](=O)[O-])cc2)c(Br)c1. The van der Waals surface area contributed by atoms with Gasteiger partial charge < -0.3 is 4.74 Å². The maximum atomic E-state index is 11.8. The summed E-state index contributed by atoms with van der Waals surface area (Å²) < 4.78 is 6.28. The summed E-state index contributed by atoms with van der Waals surface area (Å²) in [5.41, 5.74) is 4.14. The van der Waals surface area contributed by atoms with Crippen LogP contribution in [0.15, 0.2) is 52.0 Å². The molecule has 2 rings (SSSR count). The summed E-state index contributed by atoms with van der Waals surface area (Å²) in [7, 11) is 0. The second-order valence-electron chi connectivity index (χ2n) is 6.83. The number of amides is 1. The minimum Gasteiger partial charge on any atom is -0.483 e. The Morgan fingerprint density at radius 2 is 1.93 bits per heavy atom. The van der Waals surface area contributed by atoms with Gasteiger partial charge in [0.15, 0.2) is 6.61 Å². The third-order valence-electron chi connectivity index (χ3n) is 3.66. The van der Waals surface area contributed by atoms with Crippen LogP contribution in [0.25, 0.3) is 0 Å². The first kappa shape index (κ1) is 20.6. The Morgan fingerprint density at radius 1 is 1.26 bits per heavy atom. The largest absolute Gasteiger partial charge is 0.483 e. The molecule has 0 aromatic heterocycles. The molecule has 2 aromatic rings. The molecule has 0 atom stereocenters. The van der Waals surface area contributed by atoms with Crippen molar-refractivity contribution in [3.05, 3.63) is 68.2 Å². The zero-order valence-corrected chi connectivity index (χ0v) is 16.8. The van der Waals surface area contributed by atoms with E-state index in [2.05, 4.69) is 47.2 Å². The van der Waals surface area contributed by atoms with Crippen molar-refractivity contribution in [1.82, 2.24) is 5.43 Å². The van der Waals surface area contributed by atoms with Crippen LogP contribution in [-0.4, -0.2) is 23.7 Å². The monoisotopic (exact) mass is 433 g/mol. The van der Waals surface area contributed by atoms with E-state index < -0.39 is 10.8 Å². The number of rotatable bonds is 6. The lowest BCUT2D eigenvalue weighted by Crippen LogP contribution is -2.24. The summed E-state index contributed by atoms with van der Waals surface area (Å²) in [5.74, 6) is 0.150. The van der Waals surface area contributed by atoms with Gasteiger partial charge >= 0.3 is 0 Å². The van der Waals surface area contributed by atoms with Crippen molar-refractivity contribution < 1.29 is 14.5 Å². The fourth-order valence-electron chi connectivity index (χ4n) is 2.12. The quantitative estimate of drug-likeness (QED) is 0.419. The van der Waals surface area contributed by atoms with Gasteiger partial charge in [0, 0.05) is 12.1 Å². The lowest BCUT2D eigenvalue weighted by Gasteiger charge is -2.20. The smallest absolute Gasteiger partial charge is 0.277 e. The number of hydrazone groups is 1. The number of benzene rings is 2. The first-order chi connectivity index (χ1) is 12.7. The molecule has 0 aliphatic heterocycles. The Morgan fingerprint density at radius 3 is 2.48 bits per heavy atom. The molecule has 0 saturated carbocycles. The number of non-ortho nitro benzene ring substituents is 1. The maximum absolute atomic E-state index is 11.8. The van der Waals surface area contributed by atoms with Crippen molar-refractivity contribution in [2.75, 3.05) is 6.61 Å². The van der Waals surface area contributed by atoms with Crippen LogP contribution in [0.3, 0.4) is 0 Å². The minimum atomic E-state index is -0.480. The standard InChI is InChI=1S/C19H20BrN3O4/c1-19(2,3)14-6-9-17(16(20)10-14)27-12-18(24)22-21-11-13-4-7-15(8-5-13)23(25)26/h4-11H,12H2,1-3H3,(H,22,24)/b21-11-. The molecule has 1 N–H and O–H groups in total. The highest BCUT2D eigenvalue weighted by Gasteiger charge is 2.15. The number of nitro groups is 1. The molecule has 1 amide bonds. The van der Waals surface area contributed by atoms with Crippen LogP contribution < -0.4 is 10.2 Å². The predicted octanol–water partition coefficient (Wildman–Crippen LogP) is 4.18. The molecule has 0 radical (unpaired) electrons. The van der Waals surface area contributed by atoms with Gasteiger partial charge in [0.25, 0.3) is 11.6 Å². The van der Waals surface area contributed by atoms with E-state index in [0.29, 0.717) is 11.3 Å². The fraction of sp³-hybridized carbons (Fsp3) is 0.263. The number of hydrogen-bond donors (Lipinski definition) is 1. The third-order valence-corrected chi connectivity index (χ3v) is 4.28. The van der Waals surface area contributed by atoms with Gasteiger partial charge in [-0.05, 0) is 56.7 Å². The van der Waals surface area contributed by atoms with Crippen molar-refractivity contribution >= 4 is 33.7 Å². The van der Waals surface area contributed by atoms with E-state index in [1.165, 1.54) is 30.5 Å². The van der Waals surface area contributed by atoms with Crippen LogP contribution >= 0.6 is 15.9 Å². The van der Waals surface area contributed by atoms with E-state index >= 15 is 0 Å². The Kier molecular flexibility index (Phi) is 6.68. The predicted molar refractivity (Wildman–Crippen MR) is 107 cm³/mol. The summed E-state index contributed by atoms with van der Waals surface area (Å²) in [6.07, 6.45) is 1.40. The average molecular weight is 434 g/mol. The molecule has 8 heteroatoms. The number of ether oxygens (including phenoxy) is 1. The molecule has 0 heterocycles. The first-order valence-corrected chi connectivity index (χ1v) is 8.95. The van der Waals surface area contributed by atoms with Crippen molar-refractivity contribution in [2.45, 2.75) is 26.2 Å². The van der Waals surface area contributed by atoms with Gasteiger partial charge in [-0.25, -0.2) is 5.43 Å². The van der Waals surface area contributed by atoms with E-state index in [1.54, 1.807) is 0 Å². The Balaban J connectivity index is 1.86. The van der Waals surface area contributed by atoms with Crippen LogP contribution in [0.1, 0.15) is 31.9 Å². The highest BCUT2D eigenvalue weighted by molar-refractivity contribution is 9.10. The molecule has 0 aliphatic carbocycles. The first-order valence-electron chi connectivity index (χ1n) is 8.16. The molecule has 0 unspecified atom stereocenters. The topological polar surface area (TPSA) is 93.8 Å². The Hall–Kier alpha value is -2.74. The van der Waals surface area contributed by atoms with Gasteiger partial charge in [0.05, 0.1) is 15.6 Å². The number of nitro benzene ring substituents is 1. The zero-order chi connectivity index (χ0) is 20.0. The summed E-state index contributed by atoms with van der Waals surface area (Å²) in [6.45, 7) is 6.16. The van der Waals surface area contributed by atoms with Crippen LogP contribution in [0, 0.1) is 10.1 Å². The fourth-order valence-corrected chi connectivity index (χ4v) is 2.61. The van der Waals surface area contributed by atoms with Gasteiger partial charge in [-0.3, -0.25) is 14.9 Å². The number of nitrogens with one attached hydrogen (secondary N) is 1. The molecule has 142 valence electrons. The van der Waals surface area contributed by atoms with E-state index in [1.807, 2.05) is 18.2 Å². The summed E-state index contributed by atoms with van der Waals surface area (Å²) in [4.78, 5) is 21.9. The zero-order valence-electron chi connectivity index (χ0n) is 15.2. The number of carbonyl (C=O) groups excluding carboxylic acids is 1. The van der Waals surface area contributed by atoms with Crippen LogP contribution in [0.5, 0.6) is 5.75 Å². The Bertz CT molecular complexity index is 858. The van der Waals surface area contributed by atoms with Crippen LogP contribution in [0.2, 0.25) is 0 Å². The van der Waals surface area contributed by atoms with E-state index in [4.69, 9.17) is 4.74 Å². The molecule has 2 aromatic carbocycles. The summed E-state index contributed by atoms with van der Waals surface area (Å²) in [5, 5.41) is 14.4. The van der Waals surface area contributed by atoms with Gasteiger partial charge in [-0.15, -0.1) is 0 Å². The minimum absolute atomic E-state index is 0.00681. The average Bonchev–Trinajstić information content (AvgIpc) is 2.60.